The van der Waals surface area contributed by atoms with Crippen LogP contribution in [0.3, 0.4) is 0 Å². The van der Waals surface area contributed by atoms with Gasteiger partial charge in [-0.05, 0) is 18.8 Å². The number of hydrogen-bond donors (Lipinski definition) is 0. The van der Waals surface area contributed by atoms with Crippen molar-refractivity contribution in [1.82, 2.24) is 0 Å². The zero-order valence-electron chi connectivity index (χ0n) is 6.44. The standard InChI is InChI=1S/C9H14/c1-4-6-9-7(3)8(9)5-2/h7-9H,5H2,1-3H3. The fourth-order valence-corrected chi connectivity index (χ4v) is 1.58. The Hall–Kier alpha value is -0.440. The first-order chi connectivity index (χ1) is 4.31. The molecule has 0 spiro atoms. The molecule has 1 rings (SSSR count). The summed E-state index contributed by atoms with van der Waals surface area (Å²) in [4.78, 5) is 0. The molecule has 0 N–H and O–H groups in total. The third-order valence-corrected chi connectivity index (χ3v) is 2.34. The van der Waals surface area contributed by atoms with Crippen molar-refractivity contribution in [3.8, 4) is 11.8 Å². The molecule has 1 aliphatic rings. The molecule has 1 aliphatic carbocycles. The van der Waals surface area contributed by atoms with Crippen LogP contribution in [0.25, 0.3) is 0 Å². The van der Waals surface area contributed by atoms with Crippen molar-refractivity contribution < 1.29 is 0 Å². The fourth-order valence-electron chi connectivity index (χ4n) is 1.58. The molecule has 0 aromatic carbocycles. The SMILES string of the molecule is CC#CC1C(C)C1CC. The first-order valence-corrected chi connectivity index (χ1v) is 3.73. The second kappa shape index (κ2) is 2.43. The van der Waals surface area contributed by atoms with E-state index in [1.54, 1.807) is 0 Å². The monoisotopic (exact) mass is 122 g/mol. The molecule has 9 heavy (non-hydrogen) atoms. The zero-order chi connectivity index (χ0) is 6.85. The summed E-state index contributed by atoms with van der Waals surface area (Å²) < 4.78 is 0. The van der Waals surface area contributed by atoms with E-state index in [-0.39, 0.29) is 0 Å². The van der Waals surface area contributed by atoms with Gasteiger partial charge in [0, 0.05) is 5.92 Å². The van der Waals surface area contributed by atoms with Crippen molar-refractivity contribution in [2.45, 2.75) is 27.2 Å². The summed E-state index contributed by atoms with van der Waals surface area (Å²) >= 11 is 0. The van der Waals surface area contributed by atoms with E-state index in [0.29, 0.717) is 0 Å². The molecule has 0 aromatic heterocycles. The summed E-state index contributed by atoms with van der Waals surface area (Å²) in [6.07, 6.45) is 1.31. The van der Waals surface area contributed by atoms with Gasteiger partial charge in [0.1, 0.15) is 0 Å². The van der Waals surface area contributed by atoms with Crippen molar-refractivity contribution >= 4 is 0 Å². The van der Waals surface area contributed by atoms with Crippen molar-refractivity contribution in [3.63, 3.8) is 0 Å². The van der Waals surface area contributed by atoms with Crippen molar-refractivity contribution in [1.29, 1.82) is 0 Å². The van der Waals surface area contributed by atoms with Crippen molar-refractivity contribution in [2.75, 3.05) is 0 Å². The van der Waals surface area contributed by atoms with Gasteiger partial charge >= 0.3 is 0 Å². The average Bonchev–Trinajstić information content (AvgIpc) is 2.44. The van der Waals surface area contributed by atoms with Crippen LogP contribution in [0.15, 0.2) is 0 Å². The minimum Gasteiger partial charge on any atom is -0.106 e. The van der Waals surface area contributed by atoms with Crippen LogP contribution in [-0.2, 0) is 0 Å². The van der Waals surface area contributed by atoms with Crippen LogP contribution in [0.1, 0.15) is 27.2 Å². The summed E-state index contributed by atoms with van der Waals surface area (Å²) in [7, 11) is 0. The summed E-state index contributed by atoms with van der Waals surface area (Å²) in [5, 5.41) is 0. The summed E-state index contributed by atoms with van der Waals surface area (Å²) in [6.45, 7) is 6.47. The van der Waals surface area contributed by atoms with Crippen LogP contribution in [0.4, 0.5) is 0 Å². The highest BCUT2D eigenvalue weighted by atomic mass is 14.5. The van der Waals surface area contributed by atoms with Crippen LogP contribution < -0.4 is 0 Å². The third kappa shape index (κ3) is 1.10. The van der Waals surface area contributed by atoms with Gasteiger partial charge in [-0.1, -0.05) is 26.2 Å². The van der Waals surface area contributed by atoms with Crippen LogP contribution in [0.2, 0.25) is 0 Å². The van der Waals surface area contributed by atoms with E-state index < -0.39 is 0 Å². The summed E-state index contributed by atoms with van der Waals surface area (Å²) in [5.41, 5.74) is 0. The molecule has 0 nitrogen and oxygen atoms in total. The Kier molecular flexibility index (Phi) is 1.81. The summed E-state index contributed by atoms with van der Waals surface area (Å²) in [5.74, 6) is 8.72. The second-order valence-corrected chi connectivity index (χ2v) is 2.85. The molecule has 0 bridgehead atoms. The second-order valence-electron chi connectivity index (χ2n) is 2.85. The smallest absolute Gasteiger partial charge is 0.0262 e. The zero-order valence-corrected chi connectivity index (χ0v) is 6.44. The lowest BCUT2D eigenvalue weighted by atomic mass is 10.2. The van der Waals surface area contributed by atoms with Crippen molar-refractivity contribution in [3.05, 3.63) is 0 Å². The Morgan fingerprint density at radius 2 is 2.11 bits per heavy atom. The average molecular weight is 122 g/mol. The van der Waals surface area contributed by atoms with Crippen LogP contribution in [0.5, 0.6) is 0 Å². The lowest BCUT2D eigenvalue weighted by Crippen LogP contribution is -1.72. The molecule has 1 saturated carbocycles. The van der Waals surface area contributed by atoms with E-state index in [1.807, 2.05) is 6.92 Å². The van der Waals surface area contributed by atoms with Gasteiger partial charge in [0.05, 0.1) is 0 Å². The van der Waals surface area contributed by atoms with Gasteiger partial charge in [-0.3, -0.25) is 0 Å². The molecule has 1 fully saturated rings. The highest BCUT2D eigenvalue weighted by Crippen LogP contribution is 2.47. The fraction of sp³-hybridized carbons (Fsp3) is 0.778. The summed E-state index contributed by atoms with van der Waals surface area (Å²) in [6, 6.07) is 0. The predicted molar refractivity (Wildman–Crippen MR) is 39.9 cm³/mol. The Morgan fingerprint density at radius 3 is 2.44 bits per heavy atom. The molecule has 3 atom stereocenters. The van der Waals surface area contributed by atoms with Crippen LogP contribution in [0, 0.1) is 29.6 Å². The molecular weight excluding hydrogens is 108 g/mol. The molecule has 0 heterocycles. The predicted octanol–water partition coefficient (Wildman–Crippen LogP) is 2.30. The Bertz CT molecular complexity index is 147. The van der Waals surface area contributed by atoms with E-state index in [9.17, 15) is 0 Å². The molecule has 0 amide bonds. The highest BCUT2D eigenvalue weighted by Gasteiger charge is 2.43. The maximum atomic E-state index is 3.22. The molecule has 0 aliphatic heterocycles. The van der Waals surface area contributed by atoms with Crippen LogP contribution in [-0.4, -0.2) is 0 Å². The third-order valence-electron chi connectivity index (χ3n) is 2.34. The highest BCUT2D eigenvalue weighted by molar-refractivity contribution is 5.14. The van der Waals surface area contributed by atoms with E-state index >= 15 is 0 Å². The lowest BCUT2D eigenvalue weighted by Gasteiger charge is -1.80. The molecule has 3 unspecified atom stereocenters. The van der Waals surface area contributed by atoms with Gasteiger partial charge in [0.25, 0.3) is 0 Å². The van der Waals surface area contributed by atoms with Gasteiger partial charge in [-0.25, -0.2) is 0 Å². The van der Waals surface area contributed by atoms with E-state index in [4.69, 9.17) is 0 Å². The maximum absolute atomic E-state index is 3.22. The molecule has 0 aromatic rings. The maximum Gasteiger partial charge on any atom is 0.0262 e. The molecule has 0 radical (unpaired) electrons. The van der Waals surface area contributed by atoms with Gasteiger partial charge in [-0.2, -0.15) is 0 Å². The first kappa shape index (κ1) is 6.68. The largest absolute Gasteiger partial charge is 0.106 e. The van der Waals surface area contributed by atoms with E-state index in [1.165, 1.54) is 6.42 Å². The van der Waals surface area contributed by atoms with Gasteiger partial charge in [0.2, 0.25) is 0 Å². The Balaban J connectivity index is 2.39. The minimum absolute atomic E-state index is 0.736. The normalized spacial score (nSPS) is 39.2. The number of hydrogen-bond acceptors (Lipinski definition) is 0. The molecule has 50 valence electrons. The topological polar surface area (TPSA) is 0 Å². The quantitative estimate of drug-likeness (QED) is 0.468. The van der Waals surface area contributed by atoms with Crippen molar-refractivity contribution in [2.24, 2.45) is 17.8 Å². The Labute approximate surface area is 57.7 Å². The minimum atomic E-state index is 0.736. The first-order valence-electron chi connectivity index (χ1n) is 3.73. The van der Waals surface area contributed by atoms with Gasteiger partial charge in [-0.15, -0.1) is 5.92 Å². The number of rotatable bonds is 1. The van der Waals surface area contributed by atoms with E-state index in [0.717, 1.165) is 17.8 Å². The van der Waals surface area contributed by atoms with E-state index in [2.05, 4.69) is 25.7 Å². The molecule has 0 heteroatoms. The molecule has 0 saturated heterocycles. The van der Waals surface area contributed by atoms with Gasteiger partial charge in [0.15, 0.2) is 0 Å². The van der Waals surface area contributed by atoms with Crippen LogP contribution >= 0.6 is 0 Å². The molecular formula is C9H14. The van der Waals surface area contributed by atoms with Gasteiger partial charge < -0.3 is 0 Å². The Morgan fingerprint density at radius 1 is 1.44 bits per heavy atom. The lowest BCUT2D eigenvalue weighted by molar-refractivity contribution is 0.718.